The highest BCUT2D eigenvalue weighted by molar-refractivity contribution is 7.87. The van der Waals surface area contributed by atoms with Crippen molar-refractivity contribution in [2.24, 2.45) is 11.8 Å². The van der Waals surface area contributed by atoms with Gasteiger partial charge in [-0.3, -0.25) is 9.00 Å². The first-order chi connectivity index (χ1) is 9.53. The first kappa shape index (κ1) is 13.8. The van der Waals surface area contributed by atoms with Gasteiger partial charge in [0.25, 0.3) is 0 Å². The van der Waals surface area contributed by atoms with Crippen molar-refractivity contribution in [3.8, 4) is 0 Å². The molecule has 5 heteroatoms. The average Bonchev–Trinajstić information content (AvgIpc) is 2.93. The van der Waals surface area contributed by atoms with Gasteiger partial charge in [0.05, 0.1) is 16.7 Å². The molecule has 4 nitrogen and oxygen atoms in total. The standard InChI is InChI=1S/C15H18O4S/c1-4-18-13-12-10(3)15(12,14(16)19-13)20(17)11-7-5-9(2)6-8-11/h5-8,10,12-13H,4H2,1-3H3/t10-,12-,13+,15+,20?/m1/s1. The number of cyclic esters (lactones) is 1. The van der Waals surface area contributed by atoms with Crippen LogP contribution < -0.4 is 0 Å². The summed E-state index contributed by atoms with van der Waals surface area (Å²) in [6.45, 7) is 6.26. The van der Waals surface area contributed by atoms with Crippen LogP contribution in [0, 0.1) is 18.8 Å². The van der Waals surface area contributed by atoms with Gasteiger partial charge in [0.1, 0.15) is 0 Å². The second-order valence-corrected chi connectivity index (χ2v) is 7.10. The second kappa shape index (κ2) is 4.67. The molecule has 1 aliphatic heterocycles. The van der Waals surface area contributed by atoms with Crippen molar-refractivity contribution >= 4 is 16.8 Å². The predicted molar refractivity (Wildman–Crippen MR) is 74.5 cm³/mol. The van der Waals surface area contributed by atoms with Crippen LogP contribution in [0.2, 0.25) is 0 Å². The molecule has 0 radical (unpaired) electrons. The zero-order valence-corrected chi connectivity index (χ0v) is 12.6. The van der Waals surface area contributed by atoms with Gasteiger partial charge < -0.3 is 9.47 Å². The minimum absolute atomic E-state index is 0.0300. The van der Waals surface area contributed by atoms with Gasteiger partial charge in [-0.15, -0.1) is 0 Å². The van der Waals surface area contributed by atoms with Gasteiger partial charge in [0.2, 0.25) is 6.29 Å². The summed E-state index contributed by atoms with van der Waals surface area (Å²) in [6, 6.07) is 7.46. The molecular weight excluding hydrogens is 276 g/mol. The quantitative estimate of drug-likeness (QED) is 0.797. The zero-order valence-electron chi connectivity index (χ0n) is 11.8. The number of aryl methyl sites for hydroxylation is 1. The van der Waals surface area contributed by atoms with Crippen LogP contribution in [0.15, 0.2) is 29.2 Å². The van der Waals surface area contributed by atoms with Crippen LogP contribution in [0.5, 0.6) is 0 Å². The van der Waals surface area contributed by atoms with E-state index in [2.05, 4.69) is 0 Å². The molecule has 5 atom stereocenters. The van der Waals surface area contributed by atoms with Crippen LogP contribution in [0.25, 0.3) is 0 Å². The molecule has 2 fully saturated rings. The van der Waals surface area contributed by atoms with E-state index in [9.17, 15) is 9.00 Å². The van der Waals surface area contributed by atoms with Crippen molar-refractivity contribution in [1.29, 1.82) is 0 Å². The van der Waals surface area contributed by atoms with Crippen molar-refractivity contribution < 1.29 is 18.5 Å². The van der Waals surface area contributed by atoms with Crippen LogP contribution >= 0.6 is 0 Å². The number of esters is 1. The Morgan fingerprint density at radius 1 is 1.35 bits per heavy atom. The van der Waals surface area contributed by atoms with Gasteiger partial charge in [-0.1, -0.05) is 24.6 Å². The summed E-state index contributed by atoms with van der Waals surface area (Å²) >= 11 is 0. The highest BCUT2D eigenvalue weighted by Crippen LogP contribution is 2.63. The van der Waals surface area contributed by atoms with Gasteiger partial charge in [-0.25, -0.2) is 0 Å². The summed E-state index contributed by atoms with van der Waals surface area (Å²) in [5, 5.41) is 0. The maximum absolute atomic E-state index is 12.8. The SMILES string of the molecule is CCO[C@H]1OC(=O)[C@@]2(S(=O)c3ccc(C)cc3)[C@@H]1[C@H]2C. The van der Waals surface area contributed by atoms with E-state index in [4.69, 9.17) is 9.47 Å². The van der Waals surface area contributed by atoms with Crippen molar-refractivity contribution in [2.45, 2.75) is 36.7 Å². The lowest BCUT2D eigenvalue weighted by Gasteiger charge is -2.14. The van der Waals surface area contributed by atoms with Gasteiger partial charge in [-0.2, -0.15) is 0 Å². The van der Waals surface area contributed by atoms with Gasteiger partial charge >= 0.3 is 5.97 Å². The molecule has 0 spiro atoms. The minimum atomic E-state index is -1.40. The lowest BCUT2D eigenvalue weighted by molar-refractivity contribution is -0.170. The number of ether oxygens (including phenoxy) is 2. The maximum atomic E-state index is 12.8. The Hall–Kier alpha value is -1.20. The van der Waals surface area contributed by atoms with E-state index in [1.807, 2.05) is 45.0 Å². The molecule has 20 heavy (non-hydrogen) atoms. The number of fused-ring (bicyclic) bond motifs is 1. The molecule has 1 aromatic carbocycles. The van der Waals surface area contributed by atoms with E-state index < -0.39 is 21.8 Å². The van der Waals surface area contributed by atoms with Crippen molar-refractivity contribution in [1.82, 2.24) is 0 Å². The Labute approximate surface area is 120 Å². The second-order valence-electron chi connectivity index (χ2n) is 5.42. The molecule has 108 valence electrons. The highest BCUT2D eigenvalue weighted by Gasteiger charge is 2.80. The Morgan fingerprint density at radius 2 is 2.00 bits per heavy atom. The Balaban J connectivity index is 1.92. The van der Waals surface area contributed by atoms with Crippen LogP contribution in [-0.4, -0.2) is 27.8 Å². The van der Waals surface area contributed by atoms with Gasteiger partial charge in [-0.05, 0) is 31.9 Å². The predicted octanol–water partition coefficient (Wildman–Crippen LogP) is 2.03. The monoisotopic (exact) mass is 294 g/mol. The normalized spacial score (nSPS) is 36.4. The zero-order chi connectivity index (χ0) is 14.5. The van der Waals surface area contributed by atoms with Crippen molar-refractivity contribution in [2.75, 3.05) is 6.61 Å². The smallest absolute Gasteiger partial charge is 0.328 e. The molecule has 1 heterocycles. The lowest BCUT2D eigenvalue weighted by atomic mass is 10.2. The fourth-order valence-corrected chi connectivity index (χ4v) is 5.07. The number of carbonyl (C=O) groups excluding carboxylic acids is 1. The fraction of sp³-hybridized carbons (Fsp3) is 0.533. The molecule has 0 amide bonds. The van der Waals surface area contributed by atoms with Crippen LogP contribution in [-0.2, 0) is 25.1 Å². The van der Waals surface area contributed by atoms with Gasteiger partial charge in [0.15, 0.2) is 4.75 Å². The van der Waals surface area contributed by atoms with Crippen molar-refractivity contribution in [3.63, 3.8) is 0 Å². The number of carbonyl (C=O) groups is 1. The molecule has 3 rings (SSSR count). The summed E-state index contributed by atoms with van der Waals surface area (Å²) in [7, 11) is -1.40. The Bertz CT molecular complexity index is 568. The Kier molecular flexibility index (Phi) is 3.21. The van der Waals surface area contributed by atoms with Crippen LogP contribution in [0.4, 0.5) is 0 Å². The number of hydrogen-bond acceptors (Lipinski definition) is 4. The number of rotatable bonds is 4. The van der Waals surface area contributed by atoms with E-state index in [1.165, 1.54) is 0 Å². The van der Waals surface area contributed by atoms with E-state index in [0.717, 1.165) is 5.56 Å². The lowest BCUT2D eigenvalue weighted by Crippen LogP contribution is -2.29. The van der Waals surface area contributed by atoms with Crippen LogP contribution in [0.3, 0.4) is 0 Å². The summed E-state index contributed by atoms with van der Waals surface area (Å²) < 4.78 is 22.6. The number of hydrogen-bond donors (Lipinski definition) is 0. The first-order valence-electron chi connectivity index (χ1n) is 6.84. The molecule has 1 aromatic rings. The molecular formula is C15H18O4S. The van der Waals surface area contributed by atoms with E-state index >= 15 is 0 Å². The molecule has 1 saturated carbocycles. The molecule has 1 unspecified atom stereocenters. The summed E-state index contributed by atoms with van der Waals surface area (Å²) in [5.41, 5.74) is 1.10. The third-order valence-electron chi connectivity index (χ3n) is 4.31. The highest BCUT2D eigenvalue weighted by atomic mass is 32.2. The third-order valence-corrected chi connectivity index (χ3v) is 6.43. The first-order valence-corrected chi connectivity index (χ1v) is 7.99. The molecule has 0 aromatic heterocycles. The molecule has 1 saturated heterocycles. The summed E-state index contributed by atoms with van der Waals surface area (Å²) in [5.74, 6) is -0.452. The average molecular weight is 294 g/mol. The van der Waals surface area contributed by atoms with Crippen molar-refractivity contribution in [3.05, 3.63) is 29.8 Å². The Morgan fingerprint density at radius 3 is 2.55 bits per heavy atom. The molecule has 1 aliphatic carbocycles. The summed E-state index contributed by atoms with van der Waals surface area (Å²) in [6.07, 6.45) is -0.545. The maximum Gasteiger partial charge on any atom is 0.328 e. The number of benzene rings is 1. The minimum Gasteiger partial charge on any atom is -0.434 e. The molecule has 2 aliphatic rings. The van der Waals surface area contributed by atoms with Crippen LogP contribution in [0.1, 0.15) is 19.4 Å². The fourth-order valence-electron chi connectivity index (χ4n) is 3.12. The topological polar surface area (TPSA) is 52.6 Å². The largest absolute Gasteiger partial charge is 0.434 e. The van der Waals surface area contributed by atoms with E-state index in [-0.39, 0.29) is 17.8 Å². The third kappa shape index (κ3) is 1.69. The summed E-state index contributed by atoms with van der Waals surface area (Å²) in [4.78, 5) is 12.9. The molecule has 0 N–H and O–H groups in total. The van der Waals surface area contributed by atoms with E-state index in [1.54, 1.807) is 0 Å². The van der Waals surface area contributed by atoms with E-state index in [0.29, 0.717) is 11.5 Å². The van der Waals surface area contributed by atoms with Gasteiger partial charge in [0, 0.05) is 11.5 Å². The molecule has 0 bridgehead atoms.